The van der Waals surface area contributed by atoms with Gasteiger partial charge in [0.05, 0.1) is 24.4 Å². The lowest BCUT2D eigenvalue weighted by molar-refractivity contribution is -0.129. The summed E-state index contributed by atoms with van der Waals surface area (Å²) < 4.78 is 30.3. The smallest absolute Gasteiger partial charge is 0.233 e. The molecular weight excluding hydrogens is 390 g/mol. The Morgan fingerprint density at radius 1 is 1.41 bits per heavy atom. The lowest BCUT2D eigenvalue weighted by atomic mass is 10.2. The number of rotatable bonds is 7. The summed E-state index contributed by atoms with van der Waals surface area (Å²) in [5.74, 6) is 0.792. The predicted molar refractivity (Wildman–Crippen MR) is 101 cm³/mol. The Balaban J connectivity index is 1.70. The summed E-state index contributed by atoms with van der Waals surface area (Å²) in [7, 11) is -1.48. The van der Waals surface area contributed by atoms with Crippen LogP contribution in [0.4, 0.5) is 0 Å². The van der Waals surface area contributed by atoms with Crippen LogP contribution in [0, 0.1) is 0 Å². The Bertz CT molecular complexity index is 915. The average Bonchev–Trinajstić information content (AvgIpc) is 3.26. The molecule has 0 N–H and O–H groups in total. The average molecular weight is 412 g/mol. The van der Waals surface area contributed by atoms with Crippen molar-refractivity contribution in [3.05, 3.63) is 24.3 Å². The molecule has 1 fully saturated rings. The summed E-state index contributed by atoms with van der Waals surface area (Å²) in [5, 5.41) is 12.1. The minimum absolute atomic E-state index is 0.0379. The van der Waals surface area contributed by atoms with Gasteiger partial charge in [-0.3, -0.25) is 4.79 Å². The first-order chi connectivity index (χ1) is 12.9. The van der Waals surface area contributed by atoms with E-state index in [0.717, 1.165) is 0 Å². The summed E-state index contributed by atoms with van der Waals surface area (Å²) in [6.45, 7) is 2.32. The van der Waals surface area contributed by atoms with Crippen molar-refractivity contribution in [2.45, 2.75) is 24.5 Å². The van der Waals surface area contributed by atoms with Gasteiger partial charge in [-0.15, -0.1) is 5.10 Å². The van der Waals surface area contributed by atoms with Gasteiger partial charge >= 0.3 is 0 Å². The van der Waals surface area contributed by atoms with E-state index in [1.807, 2.05) is 25.1 Å². The normalized spacial score (nSPS) is 18.4. The van der Waals surface area contributed by atoms with Crippen molar-refractivity contribution in [1.82, 2.24) is 25.1 Å². The van der Waals surface area contributed by atoms with Gasteiger partial charge in [0.1, 0.15) is 11.4 Å². The van der Waals surface area contributed by atoms with Gasteiger partial charge in [0.25, 0.3) is 0 Å². The van der Waals surface area contributed by atoms with E-state index in [1.165, 1.54) is 16.4 Å². The standard InChI is InChI=1S/C16H21N5O4S2/c1-3-20(12-8-9-27(23,24)11-12)15(22)10-26-16-17-18-19-21(16)13-6-4-5-7-14(13)25-2/h4-7,12H,3,8-11H2,1-2H3/t12-/m0/s1. The molecule has 2 heterocycles. The molecule has 0 bridgehead atoms. The molecule has 0 saturated carbocycles. The van der Waals surface area contributed by atoms with E-state index < -0.39 is 9.84 Å². The molecule has 0 aliphatic carbocycles. The Morgan fingerprint density at radius 2 is 2.19 bits per heavy atom. The van der Waals surface area contributed by atoms with Crippen molar-refractivity contribution in [3.8, 4) is 11.4 Å². The quantitative estimate of drug-likeness (QED) is 0.616. The molecule has 0 unspecified atom stereocenters. The minimum atomic E-state index is -3.04. The van der Waals surface area contributed by atoms with Gasteiger partial charge in [-0.2, -0.15) is 4.68 Å². The fourth-order valence-corrected chi connectivity index (χ4v) is 5.59. The van der Waals surface area contributed by atoms with E-state index in [9.17, 15) is 13.2 Å². The highest BCUT2D eigenvalue weighted by Crippen LogP contribution is 2.26. The third-order valence-electron chi connectivity index (χ3n) is 4.39. The molecule has 0 spiro atoms. The molecule has 146 valence electrons. The number of nitrogens with zero attached hydrogens (tertiary/aromatic N) is 5. The number of sulfone groups is 1. The summed E-state index contributed by atoms with van der Waals surface area (Å²) in [6.07, 6.45) is 0.492. The zero-order valence-electron chi connectivity index (χ0n) is 15.1. The predicted octanol–water partition coefficient (Wildman–Crippen LogP) is 0.799. The fourth-order valence-electron chi connectivity index (χ4n) is 3.09. The monoisotopic (exact) mass is 411 g/mol. The molecule has 0 radical (unpaired) electrons. The van der Waals surface area contributed by atoms with Crippen LogP contribution in [0.15, 0.2) is 29.4 Å². The first-order valence-corrected chi connectivity index (χ1v) is 11.3. The first-order valence-electron chi connectivity index (χ1n) is 8.49. The number of tetrazole rings is 1. The molecule has 1 aromatic heterocycles. The number of para-hydroxylation sites is 2. The van der Waals surface area contributed by atoms with Crippen LogP contribution in [0.1, 0.15) is 13.3 Å². The highest BCUT2D eigenvalue weighted by Gasteiger charge is 2.33. The second-order valence-electron chi connectivity index (χ2n) is 6.07. The van der Waals surface area contributed by atoms with Crippen molar-refractivity contribution in [1.29, 1.82) is 0 Å². The summed E-state index contributed by atoms with van der Waals surface area (Å²) >= 11 is 1.21. The van der Waals surface area contributed by atoms with E-state index in [0.29, 0.717) is 29.6 Å². The molecule has 1 atom stereocenters. The number of carbonyl (C=O) groups is 1. The van der Waals surface area contributed by atoms with E-state index in [2.05, 4.69) is 15.5 Å². The zero-order valence-corrected chi connectivity index (χ0v) is 16.7. The van der Waals surface area contributed by atoms with Crippen LogP contribution in [-0.2, 0) is 14.6 Å². The van der Waals surface area contributed by atoms with Crippen LogP contribution < -0.4 is 4.74 Å². The van der Waals surface area contributed by atoms with E-state index >= 15 is 0 Å². The molecular formula is C16H21N5O4S2. The number of hydrogen-bond acceptors (Lipinski definition) is 8. The van der Waals surface area contributed by atoms with E-state index in [4.69, 9.17) is 4.74 Å². The lowest BCUT2D eigenvalue weighted by Crippen LogP contribution is -2.42. The van der Waals surface area contributed by atoms with Crippen LogP contribution in [0.5, 0.6) is 5.75 Å². The number of amides is 1. The van der Waals surface area contributed by atoms with Gasteiger partial charge in [0, 0.05) is 12.6 Å². The molecule has 1 aromatic carbocycles. The minimum Gasteiger partial charge on any atom is -0.494 e. The third kappa shape index (κ3) is 4.41. The van der Waals surface area contributed by atoms with Gasteiger partial charge in [-0.25, -0.2) is 8.42 Å². The van der Waals surface area contributed by atoms with Crippen molar-refractivity contribution in [2.24, 2.45) is 0 Å². The third-order valence-corrected chi connectivity index (χ3v) is 7.04. The maximum Gasteiger partial charge on any atom is 0.233 e. The highest BCUT2D eigenvalue weighted by molar-refractivity contribution is 7.99. The lowest BCUT2D eigenvalue weighted by Gasteiger charge is -2.26. The maximum atomic E-state index is 12.6. The number of aromatic nitrogens is 4. The number of ether oxygens (including phenoxy) is 1. The zero-order chi connectivity index (χ0) is 19.4. The summed E-state index contributed by atoms with van der Waals surface area (Å²) in [6, 6.07) is 7.06. The van der Waals surface area contributed by atoms with Gasteiger partial charge in [0.2, 0.25) is 11.1 Å². The van der Waals surface area contributed by atoms with E-state index in [1.54, 1.807) is 18.1 Å². The second kappa shape index (κ2) is 8.26. The topological polar surface area (TPSA) is 107 Å². The molecule has 2 aromatic rings. The number of hydrogen-bond donors (Lipinski definition) is 0. The molecule has 9 nitrogen and oxygen atoms in total. The van der Waals surface area contributed by atoms with Crippen LogP contribution in [-0.4, -0.2) is 76.4 Å². The SMILES string of the molecule is CCN(C(=O)CSc1nnnn1-c1ccccc1OC)[C@H]1CCS(=O)(=O)C1. The van der Waals surface area contributed by atoms with Gasteiger partial charge in [-0.05, 0) is 35.9 Å². The largest absolute Gasteiger partial charge is 0.494 e. The van der Waals surface area contributed by atoms with Crippen molar-refractivity contribution < 1.29 is 17.9 Å². The van der Waals surface area contributed by atoms with Crippen LogP contribution >= 0.6 is 11.8 Å². The Labute approximate surface area is 162 Å². The van der Waals surface area contributed by atoms with Crippen LogP contribution in [0.2, 0.25) is 0 Å². The van der Waals surface area contributed by atoms with Gasteiger partial charge < -0.3 is 9.64 Å². The molecule has 27 heavy (non-hydrogen) atoms. The summed E-state index contributed by atoms with van der Waals surface area (Å²) in [4.78, 5) is 14.3. The number of methoxy groups -OCH3 is 1. The van der Waals surface area contributed by atoms with Crippen LogP contribution in [0.25, 0.3) is 5.69 Å². The van der Waals surface area contributed by atoms with Crippen molar-refractivity contribution in [2.75, 3.05) is 30.9 Å². The molecule has 1 aliphatic heterocycles. The van der Waals surface area contributed by atoms with E-state index in [-0.39, 0.29) is 29.2 Å². The molecule has 1 aliphatic rings. The fraction of sp³-hybridized carbons (Fsp3) is 0.500. The van der Waals surface area contributed by atoms with Gasteiger partial charge in [-0.1, -0.05) is 23.9 Å². The number of benzene rings is 1. The first kappa shape index (κ1) is 19.6. The number of thioether (sulfide) groups is 1. The molecule has 11 heteroatoms. The second-order valence-corrected chi connectivity index (χ2v) is 9.24. The van der Waals surface area contributed by atoms with Crippen LogP contribution in [0.3, 0.4) is 0 Å². The molecule has 3 rings (SSSR count). The molecule has 1 saturated heterocycles. The number of carbonyl (C=O) groups excluding carboxylic acids is 1. The highest BCUT2D eigenvalue weighted by atomic mass is 32.2. The Hall–Kier alpha value is -2.14. The maximum absolute atomic E-state index is 12.6. The summed E-state index contributed by atoms with van der Waals surface area (Å²) in [5.41, 5.74) is 0.675. The van der Waals surface area contributed by atoms with Crippen molar-refractivity contribution >= 4 is 27.5 Å². The molecule has 1 amide bonds. The Kier molecular flexibility index (Phi) is 6.00. The van der Waals surface area contributed by atoms with Gasteiger partial charge in [0.15, 0.2) is 9.84 Å². The Morgan fingerprint density at radius 3 is 2.85 bits per heavy atom. The van der Waals surface area contributed by atoms with Crippen molar-refractivity contribution in [3.63, 3.8) is 0 Å².